The Morgan fingerprint density at radius 3 is 2.45 bits per heavy atom. The van der Waals surface area contributed by atoms with E-state index in [2.05, 4.69) is 5.32 Å². The van der Waals surface area contributed by atoms with E-state index in [0.717, 1.165) is 6.42 Å². The summed E-state index contributed by atoms with van der Waals surface area (Å²) in [4.78, 5) is 10.5. The lowest BCUT2D eigenvalue weighted by molar-refractivity contribution is -0.145. The number of aliphatic hydroxyl groups is 1. The highest BCUT2D eigenvalue weighted by molar-refractivity contribution is 5.85. The molecule has 1 heterocycles. The van der Waals surface area contributed by atoms with Gasteiger partial charge in [-0.15, -0.1) is 12.4 Å². The van der Waals surface area contributed by atoms with Gasteiger partial charge in [0, 0.05) is 0 Å². The first-order valence-corrected chi connectivity index (χ1v) is 3.30. The smallest absolute Gasteiger partial charge is 0.326 e. The van der Waals surface area contributed by atoms with Crippen molar-refractivity contribution in [1.82, 2.24) is 5.32 Å². The third kappa shape index (κ3) is 1.83. The molecule has 1 aliphatic heterocycles. The molecule has 0 radical (unpaired) electrons. The number of rotatable bonds is 2. The van der Waals surface area contributed by atoms with E-state index in [4.69, 9.17) is 10.2 Å². The molecule has 1 atom stereocenters. The monoisotopic (exact) mass is 181 g/mol. The quantitative estimate of drug-likeness (QED) is 0.543. The van der Waals surface area contributed by atoms with Crippen LogP contribution in [0.5, 0.6) is 0 Å². The lowest BCUT2D eigenvalue weighted by atomic mass is 9.99. The van der Waals surface area contributed by atoms with Gasteiger partial charge in [0.15, 0.2) is 0 Å². The highest BCUT2D eigenvalue weighted by atomic mass is 35.5. The first-order chi connectivity index (χ1) is 4.71. The van der Waals surface area contributed by atoms with Crippen LogP contribution in [-0.2, 0) is 4.79 Å². The summed E-state index contributed by atoms with van der Waals surface area (Å²) in [5, 5.41) is 20.2. The zero-order valence-electron chi connectivity index (χ0n) is 6.04. The molecule has 1 aliphatic rings. The Labute approximate surface area is 71.0 Å². The first kappa shape index (κ1) is 10.7. The summed E-state index contributed by atoms with van der Waals surface area (Å²) < 4.78 is 0. The van der Waals surface area contributed by atoms with Crippen molar-refractivity contribution >= 4 is 18.4 Å². The van der Waals surface area contributed by atoms with Crippen LogP contribution in [0, 0.1) is 0 Å². The van der Waals surface area contributed by atoms with Crippen LogP contribution in [0.15, 0.2) is 0 Å². The molecule has 0 amide bonds. The summed E-state index contributed by atoms with van der Waals surface area (Å²) in [5.74, 6) is -0.951. The summed E-state index contributed by atoms with van der Waals surface area (Å²) in [6, 6.07) is 0. The predicted molar refractivity (Wildman–Crippen MR) is 41.9 cm³/mol. The van der Waals surface area contributed by atoms with E-state index in [0.29, 0.717) is 13.0 Å². The van der Waals surface area contributed by atoms with Crippen molar-refractivity contribution in [2.24, 2.45) is 0 Å². The number of aliphatic carboxylic acids is 1. The number of carboxylic acid groups (broad SMARTS) is 1. The Bertz CT molecular complexity index is 145. The normalized spacial score (nSPS) is 29.5. The molecule has 4 nitrogen and oxygen atoms in total. The predicted octanol–water partition coefficient (Wildman–Crippen LogP) is -0.393. The number of nitrogens with one attached hydrogen (secondary N) is 1. The summed E-state index contributed by atoms with van der Waals surface area (Å²) >= 11 is 0. The van der Waals surface area contributed by atoms with Crippen LogP contribution in [-0.4, -0.2) is 34.9 Å². The summed E-state index contributed by atoms with van der Waals surface area (Å²) in [6.07, 6.45) is 1.35. The number of carbonyl (C=O) groups is 1. The largest absolute Gasteiger partial charge is 0.480 e. The van der Waals surface area contributed by atoms with Gasteiger partial charge in [-0.05, 0) is 19.4 Å². The molecule has 11 heavy (non-hydrogen) atoms. The molecular weight excluding hydrogens is 170 g/mol. The van der Waals surface area contributed by atoms with E-state index in [-0.39, 0.29) is 19.0 Å². The molecule has 0 saturated carbocycles. The molecule has 3 N–H and O–H groups in total. The van der Waals surface area contributed by atoms with E-state index in [1.165, 1.54) is 0 Å². The molecule has 0 aromatic rings. The Balaban J connectivity index is 0.000001000. The third-order valence-corrected chi connectivity index (χ3v) is 1.92. The van der Waals surface area contributed by atoms with Crippen molar-refractivity contribution in [1.29, 1.82) is 0 Å². The van der Waals surface area contributed by atoms with E-state index in [1.807, 2.05) is 0 Å². The van der Waals surface area contributed by atoms with E-state index in [9.17, 15) is 4.79 Å². The SMILES string of the molecule is Cl.O=C(O)C1(CO)CCCN1. The molecule has 0 aliphatic carbocycles. The van der Waals surface area contributed by atoms with Gasteiger partial charge in [0.1, 0.15) is 5.54 Å². The van der Waals surface area contributed by atoms with Gasteiger partial charge in [0.05, 0.1) is 6.61 Å². The topological polar surface area (TPSA) is 69.6 Å². The molecule has 5 heteroatoms. The molecule has 1 fully saturated rings. The average Bonchev–Trinajstić information content (AvgIpc) is 2.35. The van der Waals surface area contributed by atoms with Crippen LogP contribution in [0.3, 0.4) is 0 Å². The number of aliphatic hydroxyl groups excluding tert-OH is 1. The number of hydrogen-bond acceptors (Lipinski definition) is 3. The minimum Gasteiger partial charge on any atom is -0.480 e. The zero-order valence-corrected chi connectivity index (χ0v) is 6.86. The molecule has 1 rings (SSSR count). The van der Waals surface area contributed by atoms with Crippen LogP contribution < -0.4 is 5.32 Å². The fraction of sp³-hybridized carbons (Fsp3) is 0.833. The molecule has 1 saturated heterocycles. The van der Waals surface area contributed by atoms with Crippen molar-refractivity contribution in [2.75, 3.05) is 13.2 Å². The maximum Gasteiger partial charge on any atom is 0.326 e. The van der Waals surface area contributed by atoms with E-state index < -0.39 is 11.5 Å². The van der Waals surface area contributed by atoms with Crippen LogP contribution in [0.4, 0.5) is 0 Å². The van der Waals surface area contributed by atoms with Gasteiger partial charge < -0.3 is 10.2 Å². The van der Waals surface area contributed by atoms with E-state index >= 15 is 0 Å². The van der Waals surface area contributed by atoms with Gasteiger partial charge in [-0.3, -0.25) is 10.1 Å². The van der Waals surface area contributed by atoms with Gasteiger partial charge in [0.2, 0.25) is 0 Å². The second-order valence-corrected chi connectivity index (χ2v) is 2.58. The fourth-order valence-electron chi connectivity index (χ4n) is 1.19. The van der Waals surface area contributed by atoms with Crippen molar-refractivity contribution in [3.63, 3.8) is 0 Å². The van der Waals surface area contributed by atoms with Gasteiger partial charge in [-0.25, -0.2) is 0 Å². The number of halogens is 1. The minimum atomic E-state index is -1.04. The van der Waals surface area contributed by atoms with Crippen LogP contribution >= 0.6 is 12.4 Å². The van der Waals surface area contributed by atoms with Crippen LogP contribution in [0.25, 0.3) is 0 Å². The molecule has 1 unspecified atom stereocenters. The Morgan fingerprint density at radius 2 is 2.27 bits per heavy atom. The van der Waals surface area contributed by atoms with Crippen molar-refractivity contribution in [3.8, 4) is 0 Å². The zero-order chi connectivity index (χ0) is 7.61. The number of carboxylic acids is 1. The molecule has 0 aromatic carbocycles. The van der Waals surface area contributed by atoms with Crippen LogP contribution in [0.2, 0.25) is 0 Å². The molecule has 0 bridgehead atoms. The van der Waals surface area contributed by atoms with Crippen LogP contribution in [0.1, 0.15) is 12.8 Å². The molecule has 66 valence electrons. The average molecular weight is 182 g/mol. The lowest BCUT2D eigenvalue weighted by Crippen LogP contribution is -2.50. The summed E-state index contributed by atoms with van der Waals surface area (Å²) in [6.45, 7) is 0.370. The van der Waals surface area contributed by atoms with Gasteiger partial charge in [0.25, 0.3) is 0 Å². The third-order valence-electron chi connectivity index (χ3n) is 1.92. The maximum atomic E-state index is 10.5. The highest BCUT2D eigenvalue weighted by Crippen LogP contribution is 2.18. The maximum absolute atomic E-state index is 10.5. The molecular formula is C6H12ClNO3. The summed E-state index contributed by atoms with van der Waals surface area (Å²) in [5.41, 5.74) is -1.04. The Kier molecular flexibility index (Phi) is 3.78. The lowest BCUT2D eigenvalue weighted by Gasteiger charge is -2.20. The minimum absolute atomic E-state index is 0. The van der Waals surface area contributed by atoms with Crippen molar-refractivity contribution < 1.29 is 15.0 Å². The van der Waals surface area contributed by atoms with Gasteiger partial charge >= 0.3 is 5.97 Å². The fourth-order valence-corrected chi connectivity index (χ4v) is 1.19. The van der Waals surface area contributed by atoms with Gasteiger partial charge in [-0.1, -0.05) is 0 Å². The van der Waals surface area contributed by atoms with Gasteiger partial charge in [-0.2, -0.15) is 0 Å². The first-order valence-electron chi connectivity index (χ1n) is 3.30. The molecule has 0 aromatic heterocycles. The standard InChI is InChI=1S/C6H11NO3.ClH/c8-4-6(5(9)10)2-1-3-7-6;/h7-8H,1-4H2,(H,9,10);1H. The Morgan fingerprint density at radius 1 is 1.64 bits per heavy atom. The Hall–Kier alpha value is -0.320. The highest BCUT2D eigenvalue weighted by Gasteiger charge is 2.40. The molecule has 0 spiro atoms. The van der Waals surface area contributed by atoms with E-state index in [1.54, 1.807) is 0 Å². The second kappa shape index (κ2) is 3.90. The number of hydrogen-bond donors (Lipinski definition) is 3. The second-order valence-electron chi connectivity index (χ2n) is 2.58. The van der Waals surface area contributed by atoms with Crippen molar-refractivity contribution in [2.45, 2.75) is 18.4 Å². The van der Waals surface area contributed by atoms with Crippen molar-refractivity contribution in [3.05, 3.63) is 0 Å². The summed E-state index contributed by atoms with van der Waals surface area (Å²) in [7, 11) is 0.